The third-order valence-electron chi connectivity index (χ3n) is 5.23. The number of amides is 2. The van der Waals surface area contributed by atoms with Crippen LogP contribution in [0.1, 0.15) is 32.3 Å². The molecule has 1 atom stereocenters. The topological polar surface area (TPSA) is 96.0 Å². The normalized spacial score (nSPS) is 12.0. The van der Waals surface area contributed by atoms with Crippen LogP contribution in [-0.2, 0) is 26.2 Å². The van der Waals surface area contributed by atoms with Crippen LogP contribution >= 0.6 is 11.6 Å². The van der Waals surface area contributed by atoms with E-state index in [2.05, 4.69) is 5.32 Å². The SMILES string of the molecule is CCCNC(=O)[C@@H](CC)N(Cc1ccc(Cl)cc1)C(=O)CN(c1ccccc1OC)S(C)(=O)=O. The molecule has 1 N–H and O–H groups in total. The van der Waals surface area contributed by atoms with Crippen molar-refractivity contribution in [1.82, 2.24) is 10.2 Å². The van der Waals surface area contributed by atoms with E-state index >= 15 is 0 Å². The summed E-state index contributed by atoms with van der Waals surface area (Å²) in [6.45, 7) is 3.87. The molecule has 0 bridgehead atoms. The molecular weight excluding hydrogens is 478 g/mol. The van der Waals surface area contributed by atoms with Crippen molar-refractivity contribution in [3.8, 4) is 5.75 Å². The summed E-state index contributed by atoms with van der Waals surface area (Å²) >= 11 is 5.99. The molecular formula is C24H32ClN3O5S. The molecule has 0 radical (unpaired) electrons. The summed E-state index contributed by atoms with van der Waals surface area (Å²) < 4.78 is 31.7. The van der Waals surface area contributed by atoms with Crippen LogP contribution in [0, 0.1) is 0 Å². The molecule has 186 valence electrons. The van der Waals surface area contributed by atoms with Crippen molar-refractivity contribution >= 4 is 39.1 Å². The monoisotopic (exact) mass is 509 g/mol. The second-order valence-electron chi connectivity index (χ2n) is 7.80. The van der Waals surface area contributed by atoms with E-state index in [-0.39, 0.29) is 18.1 Å². The number of halogens is 1. The summed E-state index contributed by atoms with van der Waals surface area (Å²) in [5.74, 6) is -0.475. The summed E-state index contributed by atoms with van der Waals surface area (Å²) in [7, 11) is -2.41. The maximum atomic E-state index is 13.6. The van der Waals surface area contributed by atoms with Crippen molar-refractivity contribution in [2.75, 3.05) is 30.8 Å². The highest BCUT2D eigenvalue weighted by Crippen LogP contribution is 2.29. The van der Waals surface area contributed by atoms with Gasteiger partial charge in [0.2, 0.25) is 21.8 Å². The van der Waals surface area contributed by atoms with E-state index in [4.69, 9.17) is 16.3 Å². The van der Waals surface area contributed by atoms with Gasteiger partial charge in [0, 0.05) is 18.1 Å². The van der Waals surface area contributed by atoms with Crippen molar-refractivity contribution in [2.45, 2.75) is 39.3 Å². The fraction of sp³-hybridized carbons (Fsp3) is 0.417. The Labute approximate surface area is 206 Å². The molecule has 0 fully saturated rings. The number of benzene rings is 2. The molecule has 34 heavy (non-hydrogen) atoms. The number of hydrogen-bond donors (Lipinski definition) is 1. The quantitative estimate of drug-likeness (QED) is 0.472. The van der Waals surface area contributed by atoms with Crippen molar-refractivity contribution in [3.05, 3.63) is 59.1 Å². The molecule has 0 aliphatic carbocycles. The minimum absolute atomic E-state index is 0.123. The standard InChI is InChI=1S/C24H32ClN3O5S/c1-5-15-26-24(30)20(6-2)27(16-18-11-13-19(25)14-12-18)23(29)17-28(34(4,31)32)21-9-7-8-10-22(21)33-3/h7-14,20H,5-6,15-17H2,1-4H3,(H,26,30)/t20-/m1/s1. The van der Waals surface area contributed by atoms with Gasteiger partial charge >= 0.3 is 0 Å². The minimum atomic E-state index is -3.84. The zero-order chi connectivity index (χ0) is 25.3. The largest absolute Gasteiger partial charge is 0.495 e. The van der Waals surface area contributed by atoms with Crippen LogP contribution < -0.4 is 14.4 Å². The molecule has 0 saturated carbocycles. The van der Waals surface area contributed by atoms with Crippen molar-refractivity contribution in [1.29, 1.82) is 0 Å². The van der Waals surface area contributed by atoms with E-state index in [0.717, 1.165) is 22.5 Å². The van der Waals surface area contributed by atoms with Gasteiger partial charge in [-0.3, -0.25) is 13.9 Å². The first-order valence-electron chi connectivity index (χ1n) is 11.0. The number of rotatable bonds is 12. The van der Waals surface area contributed by atoms with Gasteiger partial charge in [-0.1, -0.05) is 49.7 Å². The molecule has 8 nitrogen and oxygen atoms in total. The van der Waals surface area contributed by atoms with Gasteiger partial charge in [0.15, 0.2) is 0 Å². The van der Waals surface area contributed by atoms with E-state index in [1.165, 1.54) is 12.0 Å². The van der Waals surface area contributed by atoms with Crippen molar-refractivity contribution < 1.29 is 22.7 Å². The fourth-order valence-corrected chi connectivity index (χ4v) is 4.48. The van der Waals surface area contributed by atoms with Crippen LogP contribution in [0.4, 0.5) is 5.69 Å². The Bertz CT molecular complexity index is 1080. The molecule has 2 amide bonds. The first-order chi connectivity index (χ1) is 16.1. The molecule has 0 saturated heterocycles. The number of ether oxygens (including phenoxy) is 1. The molecule has 2 aromatic carbocycles. The van der Waals surface area contributed by atoms with Gasteiger partial charge in [-0.25, -0.2) is 8.42 Å². The molecule has 0 spiro atoms. The van der Waals surface area contributed by atoms with E-state index in [0.29, 0.717) is 23.7 Å². The van der Waals surface area contributed by atoms with Gasteiger partial charge in [0.25, 0.3) is 0 Å². The fourth-order valence-electron chi connectivity index (χ4n) is 3.50. The van der Waals surface area contributed by atoms with Gasteiger partial charge < -0.3 is 15.0 Å². The number of hydrogen-bond acceptors (Lipinski definition) is 5. The maximum absolute atomic E-state index is 13.6. The Morgan fingerprint density at radius 2 is 1.74 bits per heavy atom. The summed E-state index contributed by atoms with van der Waals surface area (Å²) in [6.07, 6.45) is 2.15. The van der Waals surface area contributed by atoms with Crippen LogP contribution in [0.5, 0.6) is 5.75 Å². The number of carbonyl (C=O) groups is 2. The molecule has 2 aromatic rings. The number of sulfonamides is 1. The Hall–Kier alpha value is -2.78. The second kappa shape index (κ2) is 12.6. The first kappa shape index (κ1) is 27.5. The predicted molar refractivity (Wildman–Crippen MR) is 135 cm³/mol. The highest BCUT2D eigenvalue weighted by atomic mass is 35.5. The third kappa shape index (κ3) is 7.36. The predicted octanol–water partition coefficient (Wildman–Crippen LogP) is 3.45. The zero-order valence-electron chi connectivity index (χ0n) is 20.0. The third-order valence-corrected chi connectivity index (χ3v) is 6.61. The lowest BCUT2D eigenvalue weighted by Crippen LogP contribution is -2.52. The minimum Gasteiger partial charge on any atom is -0.495 e. The average molecular weight is 510 g/mol. The van der Waals surface area contributed by atoms with Gasteiger partial charge in [-0.15, -0.1) is 0 Å². The van der Waals surface area contributed by atoms with Gasteiger partial charge in [0.1, 0.15) is 18.3 Å². The Morgan fingerprint density at radius 3 is 2.29 bits per heavy atom. The number of anilines is 1. The average Bonchev–Trinajstić information content (AvgIpc) is 2.81. The number of methoxy groups -OCH3 is 1. The Kier molecular flexibility index (Phi) is 10.2. The van der Waals surface area contributed by atoms with Crippen LogP contribution in [0.25, 0.3) is 0 Å². The first-order valence-corrected chi connectivity index (χ1v) is 13.3. The van der Waals surface area contributed by atoms with Gasteiger partial charge in [0.05, 0.1) is 19.1 Å². The highest BCUT2D eigenvalue weighted by Gasteiger charge is 2.32. The van der Waals surface area contributed by atoms with Crippen LogP contribution in [0.15, 0.2) is 48.5 Å². The Balaban J connectivity index is 2.45. The number of nitrogens with one attached hydrogen (secondary N) is 1. The smallest absolute Gasteiger partial charge is 0.244 e. The van der Waals surface area contributed by atoms with Crippen LogP contribution in [-0.4, -0.2) is 57.6 Å². The maximum Gasteiger partial charge on any atom is 0.244 e. The summed E-state index contributed by atoms with van der Waals surface area (Å²) in [6, 6.07) is 12.8. The van der Waals surface area contributed by atoms with Crippen molar-refractivity contribution in [2.24, 2.45) is 0 Å². The number of para-hydroxylation sites is 2. The van der Waals surface area contributed by atoms with Crippen molar-refractivity contribution in [3.63, 3.8) is 0 Å². The number of carbonyl (C=O) groups excluding carboxylic acids is 2. The highest BCUT2D eigenvalue weighted by molar-refractivity contribution is 7.92. The molecule has 0 aliphatic rings. The summed E-state index contributed by atoms with van der Waals surface area (Å²) in [5, 5.41) is 3.39. The molecule has 0 aromatic heterocycles. The molecule has 2 rings (SSSR count). The lowest BCUT2D eigenvalue weighted by Gasteiger charge is -2.33. The van der Waals surface area contributed by atoms with E-state index in [9.17, 15) is 18.0 Å². The molecule has 0 heterocycles. The van der Waals surface area contributed by atoms with Crippen LogP contribution in [0.3, 0.4) is 0 Å². The van der Waals surface area contributed by atoms with Gasteiger partial charge in [-0.2, -0.15) is 0 Å². The van der Waals surface area contributed by atoms with E-state index in [1.54, 1.807) is 48.5 Å². The van der Waals surface area contributed by atoms with E-state index in [1.807, 2.05) is 13.8 Å². The number of nitrogens with zero attached hydrogens (tertiary/aromatic N) is 2. The molecule has 0 unspecified atom stereocenters. The lowest BCUT2D eigenvalue weighted by atomic mass is 10.1. The van der Waals surface area contributed by atoms with Gasteiger partial charge in [-0.05, 0) is 42.7 Å². The Morgan fingerprint density at radius 1 is 1.09 bits per heavy atom. The molecule has 10 heteroatoms. The molecule has 0 aliphatic heterocycles. The summed E-state index contributed by atoms with van der Waals surface area (Å²) in [4.78, 5) is 27.9. The van der Waals surface area contributed by atoms with E-state index < -0.39 is 28.5 Å². The van der Waals surface area contributed by atoms with Crippen LogP contribution in [0.2, 0.25) is 5.02 Å². The zero-order valence-corrected chi connectivity index (χ0v) is 21.5. The summed E-state index contributed by atoms with van der Waals surface area (Å²) in [5.41, 5.74) is 1.01. The second-order valence-corrected chi connectivity index (χ2v) is 10.1. The lowest BCUT2D eigenvalue weighted by molar-refractivity contribution is -0.140.